The Labute approximate surface area is 74.7 Å². The molecule has 13 heavy (non-hydrogen) atoms. The van der Waals surface area contributed by atoms with Crippen LogP contribution in [0.25, 0.3) is 0 Å². The molecule has 4 nitrogen and oxygen atoms in total. The molecular weight excluding hydrogens is 170 g/mol. The molecule has 0 saturated heterocycles. The lowest BCUT2D eigenvalue weighted by Gasteiger charge is -2.02. The van der Waals surface area contributed by atoms with Gasteiger partial charge >= 0.3 is 5.97 Å². The summed E-state index contributed by atoms with van der Waals surface area (Å²) in [6, 6.07) is 4.47. The number of hydrogen-bond acceptors (Lipinski definition) is 3. The van der Waals surface area contributed by atoms with Crippen LogP contribution in [0.4, 0.5) is 0 Å². The summed E-state index contributed by atoms with van der Waals surface area (Å²) < 4.78 is 0. The number of nitrogens with zero attached hydrogens (tertiary/aromatic N) is 1. The van der Waals surface area contributed by atoms with Gasteiger partial charge in [-0.05, 0) is 24.6 Å². The van der Waals surface area contributed by atoms with E-state index in [0.29, 0.717) is 5.56 Å². The average Bonchev–Trinajstić information content (AvgIpc) is 2.08. The molecular formula is C9H7NO3. The molecule has 0 radical (unpaired) electrons. The van der Waals surface area contributed by atoms with Crippen molar-refractivity contribution in [1.82, 2.24) is 0 Å². The van der Waals surface area contributed by atoms with Crippen LogP contribution >= 0.6 is 0 Å². The smallest absolute Gasteiger partial charge is 0.339 e. The third-order valence-electron chi connectivity index (χ3n) is 1.61. The first-order valence-corrected chi connectivity index (χ1v) is 3.53. The highest BCUT2D eigenvalue weighted by Gasteiger charge is 2.13. The maximum Gasteiger partial charge on any atom is 0.339 e. The SMILES string of the molecule is Cc1cc(C#N)c(O)c(C(=O)O)c1. The van der Waals surface area contributed by atoms with Crippen LogP contribution in [-0.2, 0) is 0 Å². The normalized spacial score (nSPS) is 9.23. The first kappa shape index (κ1) is 9.07. The van der Waals surface area contributed by atoms with Gasteiger partial charge in [0.25, 0.3) is 0 Å². The highest BCUT2D eigenvalue weighted by molar-refractivity contribution is 5.92. The summed E-state index contributed by atoms with van der Waals surface area (Å²) in [4.78, 5) is 10.6. The molecule has 0 amide bonds. The van der Waals surface area contributed by atoms with E-state index in [0.717, 1.165) is 0 Å². The molecule has 1 aromatic carbocycles. The zero-order valence-corrected chi connectivity index (χ0v) is 6.90. The van der Waals surface area contributed by atoms with E-state index in [1.807, 2.05) is 0 Å². The topological polar surface area (TPSA) is 81.3 Å². The molecule has 0 bridgehead atoms. The Bertz CT molecular complexity index is 404. The Kier molecular flexibility index (Phi) is 2.20. The van der Waals surface area contributed by atoms with Gasteiger partial charge < -0.3 is 10.2 Å². The Morgan fingerprint density at radius 3 is 2.62 bits per heavy atom. The van der Waals surface area contributed by atoms with Crippen molar-refractivity contribution < 1.29 is 15.0 Å². The Morgan fingerprint density at radius 1 is 1.54 bits per heavy atom. The van der Waals surface area contributed by atoms with E-state index < -0.39 is 11.7 Å². The molecule has 1 aromatic rings. The van der Waals surface area contributed by atoms with Crippen molar-refractivity contribution in [2.75, 3.05) is 0 Å². The molecule has 0 aliphatic carbocycles. The summed E-state index contributed by atoms with van der Waals surface area (Å²) in [5, 5.41) is 26.5. The quantitative estimate of drug-likeness (QED) is 0.676. The van der Waals surface area contributed by atoms with Crippen LogP contribution in [0, 0.1) is 18.3 Å². The summed E-state index contributed by atoms with van der Waals surface area (Å²) >= 11 is 0. The van der Waals surface area contributed by atoms with Crippen molar-refractivity contribution in [1.29, 1.82) is 5.26 Å². The molecule has 0 aliphatic rings. The molecule has 1 rings (SSSR count). The second-order valence-corrected chi connectivity index (χ2v) is 2.63. The fraction of sp³-hybridized carbons (Fsp3) is 0.111. The van der Waals surface area contributed by atoms with Gasteiger partial charge in [0.2, 0.25) is 0 Å². The maximum absolute atomic E-state index is 10.6. The first-order chi connectivity index (χ1) is 6.06. The van der Waals surface area contributed by atoms with E-state index in [2.05, 4.69) is 0 Å². The molecule has 0 aliphatic heterocycles. The van der Waals surface area contributed by atoms with Crippen LogP contribution in [0.3, 0.4) is 0 Å². The number of aromatic carboxylic acids is 1. The zero-order chi connectivity index (χ0) is 10.0. The number of hydrogen-bond donors (Lipinski definition) is 2. The molecule has 0 saturated carbocycles. The standard InChI is InChI=1S/C9H7NO3/c1-5-2-6(4-10)8(11)7(3-5)9(12)13/h2-3,11H,1H3,(H,12,13). The maximum atomic E-state index is 10.6. The monoisotopic (exact) mass is 177 g/mol. The summed E-state index contributed by atoms with van der Waals surface area (Å²) in [7, 11) is 0. The number of aromatic hydroxyl groups is 1. The van der Waals surface area contributed by atoms with Gasteiger partial charge in [-0.2, -0.15) is 5.26 Å². The minimum absolute atomic E-state index is 0.0163. The van der Waals surface area contributed by atoms with E-state index in [4.69, 9.17) is 10.4 Å². The average molecular weight is 177 g/mol. The second-order valence-electron chi connectivity index (χ2n) is 2.63. The van der Waals surface area contributed by atoms with Gasteiger partial charge in [-0.3, -0.25) is 0 Å². The molecule has 0 aromatic heterocycles. The van der Waals surface area contributed by atoms with E-state index in [1.165, 1.54) is 12.1 Å². The molecule has 2 N–H and O–H groups in total. The number of nitriles is 1. The fourth-order valence-corrected chi connectivity index (χ4v) is 1.03. The number of carboxylic acids is 1. The van der Waals surface area contributed by atoms with Crippen molar-refractivity contribution in [3.8, 4) is 11.8 Å². The second kappa shape index (κ2) is 3.15. The predicted octanol–water partition coefficient (Wildman–Crippen LogP) is 1.27. The number of carbonyl (C=O) groups is 1. The predicted molar refractivity (Wildman–Crippen MR) is 44.5 cm³/mol. The van der Waals surface area contributed by atoms with E-state index in [9.17, 15) is 9.90 Å². The Morgan fingerprint density at radius 2 is 2.15 bits per heavy atom. The van der Waals surface area contributed by atoms with Gasteiger partial charge in [-0.15, -0.1) is 0 Å². The van der Waals surface area contributed by atoms with E-state index in [1.54, 1.807) is 13.0 Å². The van der Waals surface area contributed by atoms with Crippen LogP contribution in [0.15, 0.2) is 12.1 Å². The van der Waals surface area contributed by atoms with Crippen LogP contribution < -0.4 is 0 Å². The number of rotatable bonds is 1. The summed E-state index contributed by atoms with van der Waals surface area (Å²) in [5.41, 5.74) is 0.376. The van der Waals surface area contributed by atoms with Crippen LogP contribution in [0.2, 0.25) is 0 Å². The van der Waals surface area contributed by atoms with Crippen molar-refractivity contribution in [2.45, 2.75) is 6.92 Å². The van der Waals surface area contributed by atoms with Gasteiger partial charge in [0.15, 0.2) is 0 Å². The van der Waals surface area contributed by atoms with Crippen LogP contribution in [0.1, 0.15) is 21.5 Å². The highest BCUT2D eigenvalue weighted by atomic mass is 16.4. The van der Waals surface area contributed by atoms with Gasteiger partial charge in [0, 0.05) is 0 Å². The molecule has 0 atom stereocenters. The number of phenols is 1. The van der Waals surface area contributed by atoms with Gasteiger partial charge in [0.1, 0.15) is 17.4 Å². The minimum atomic E-state index is -1.24. The molecule has 0 spiro atoms. The van der Waals surface area contributed by atoms with Crippen molar-refractivity contribution >= 4 is 5.97 Å². The lowest BCUT2D eigenvalue weighted by atomic mass is 10.1. The highest BCUT2D eigenvalue weighted by Crippen LogP contribution is 2.23. The molecule has 66 valence electrons. The van der Waals surface area contributed by atoms with Crippen molar-refractivity contribution in [3.05, 3.63) is 28.8 Å². The summed E-state index contributed by atoms with van der Waals surface area (Å²) in [6.45, 7) is 1.66. The van der Waals surface area contributed by atoms with Crippen LogP contribution in [-0.4, -0.2) is 16.2 Å². The largest absolute Gasteiger partial charge is 0.506 e. The lowest BCUT2D eigenvalue weighted by Crippen LogP contribution is -1.98. The molecule has 0 fully saturated rings. The molecule has 4 heteroatoms. The lowest BCUT2D eigenvalue weighted by molar-refractivity contribution is 0.0693. The van der Waals surface area contributed by atoms with E-state index >= 15 is 0 Å². The summed E-state index contributed by atoms with van der Waals surface area (Å²) in [5.74, 6) is -1.71. The van der Waals surface area contributed by atoms with Crippen molar-refractivity contribution in [2.24, 2.45) is 0 Å². The third kappa shape index (κ3) is 1.59. The number of carboxylic acid groups (broad SMARTS) is 1. The number of aryl methyl sites for hydroxylation is 1. The van der Waals surface area contributed by atoms with Gasteiger partial charge in [-0.1, -0.05) is 0 Å². The Hall–Kier alpha value is -2.02. The Balaban J connectivity index is 3.47. The first-order valence-electron chi connectivity index (χ1n) is 3.53. The van der Waals surface area contributed by atoms with Gasteiger partial charge in [-0.25, -0.2) is 4.79 Å². The van der Waals surface area contributed by atoms with Crippen molar-refractivity contribution in [3.63, 3.8) is 0 Å². The molecule has 0 unspecified atom stereocenters. The summed E-state index contributed by atoms with van der Waals surface area (Å²) in [6.07, 6.45) is 0. The van der Waals surface area contributed by atoms with Crippen LogP contribution in [0.5, 0.6) is 5.75 Å². The number of benzene rings is 1. The molecule has 0 heterocycles. The van der Waals surface area contributed by atoms with Gasteiger partial charge in [0.05, 0.1) is 5.56 Å². The zero-order valence-electron chi connectivity index (χ0n) is 6.90. The fourth-order valence-electron chi connectivity index (χ4n) is 1.03. The van der Waals surface area contributed by atoms with E-state index in [-0.39, 0.29) is 11.1 Å². The minimum Gasteiger partial charge on any atom is -0.506 e. The third-order valence-corrected chi connectivity index (χ3v) is 1.61.